The van der Waals surface area contributed by atoms with Crippen LogP contribution < -0.4 is 15.5 Å². The zero-order valence-electron chi connectivity index (χ0n) is 16.2. The first-order chi connectivity index (χ1) is 13.6. The zero-order valence-corrected chi connectivity index (χ0v) is 16.2. The summed E-state index contributed by atoms with van der Waals surface area (Å²) in [5, 5.41) is 5.67. The molecule has 4 amide bonds. The van der Waals surface area contributed by atoms with Gasteiger partial charge in [-0.15, -0.1) is 0 Å². The van der Waals surface area contributed by atoms with E-state index in [1.165, 1.54) is 12.8 Å². The zero-order chi connectivity index (χ0) is 19.6. The highest BCUT2D eigenvalue weighted by Gasteiger charge is 2.51. The number of carbonyl (C=O) groups is 3. The molecule has 2 aliphatic heterocycles. The summed E-state index contributed by atoms with van der Waals surface area (Å²) in [6.45, 7) is 1.89. The van der Waals surface area contributed by atoms with Gasteiger partial charge in [0.25, 0.3) is 5.91 Å². The number of hydrogen-bond donors (Lipinski definition) is 2. The van der Waals surface area contributed by atoms with E-state index in [0.717, 1.165) is 49.4 Å². The summed E-state index contributed by atoms with van der Waals surface area (Å²) in [6.07, 6.45) is 7.77. The molecule has 3 fully saturated rings. The molecule has 0 bridgehead atoms. The lowest BCUT2D eigenvalue weighted by Crippen LogP contribution is -2.47. The number of nitrogens with one attached hydrogen (secondary N) is 2. The highest BCUT2D eigenvalue weighted by atomic mass is 16.2. The third-order valence-electron chi connectivity index (χ3n) is 6.13. The minimum atomic E-state index is -0.800. The Balaban J connectivity index is 1.36. The second kappa shape index (κ2) is 7.81. The molecule has 3 aliphatic rings. The third-order valence-corrected chi connectivity index (χ3v) is 6.13. The van der Waals surface area contributed by atoms with Crippen molar-refractivity contribution in [3.63, 3.8) is 0 Å². The predicted octanol–water partition coefficient (Wildman–Crippen LogP) is 2.87. The van der Waals surface area contributed by atoms with Gasteiger partial charge >= 0.3 is 6.03 Å². The minimum absolute atomic E-state index is 0.250. The van der Waals surface area contributed by atoms with Crippen molar-refractivity contribution in [3.8, 4) is 0 Å². The van der Waals surface area contributed by atoms with E-state index in [-0.39, 0.29) is 18.4 Å². The van der Waals surface area contributed by atoms with Crippen LogP contribution in [0.15, 0.2) is 24.3 Å². The molecule has 150 valence electrons. The van der Waals surface area contributed by atoms with Crippen molar-refractivity contribution in [1.29, 1.82) is 0 Å². The Kier molecular flexibility index (Phi) is 5.24. The standard InChI is InChI=1S/C21H28N4O3/c26-18(22-16-7-9-17(10-8-16)24-13-5-6-14-24)15-25-19(27)21(23-20(25)28)11-3-1-2-4-12-21/h7-10H,1-6,11-15H2,(H,22,26)(H,23,28). The van der Waals surface area contributed by atoms with E-state index in [1.807, 2.05) is 24.3 Å². The molecular formula is C21H28N4O3. The molecular weight excluding hydrogens is 356 g/mol. The van der Waals surface area contributed by atoms with Crippen molar-refractivity contribution in [1.82, 2.24) is 10.2 Å². The van der Waals surface area contributed by atoms with Gasteiger partial charge in [0.15, 0.2) is 0 Å². The molecule has 0 aromatic heterocycles. The van der Waals surface area contributed by atoms with E-state index in [2.05, 4.69) is 15.5 Å². The van der Waals surface area contributed by atoms with Crippen molar-refractivity contribution < 1.29 is 14.4 Å². The van der Waals surface area contributed by atoms with Crippen LogP contribution in [0.25, 0.3) is 0 Å². The van der Waals surface area contributed by atoms with Crippen molar-refractivity contribution in [2.75, 3.05) is 29.9 Å². The maximum atomic E-state index is 12.9. The van der Waals surface area contributed by atoms with Crippen LogP contribution in [0.5, 0.6) is 0 Å². The molecule has 1 aromatic rings. The number of imide groups is 1. The molecule has 1 saturated carbocycles. The Morgan fingerprint density at radius 1 is 0.964 bits per heavy atom. The van der Waals surface area contributed by atoms with Crippen LogP contribution in [0.1, 0.15) is 51.4 Å². The van der Waals surface area contributed by atoms with Gasteiger partial charge in [-0.3, -0.25) is 14.5 Å². The van der Waals surface area contributed by atoms with E-state index in [0.29, 0.717) is 18.5 Å². The number of urea groups is 1. The Labute approximate surface area is 165 Å². The molecule has 1 aliphatic carbocycles. The normalized spacial score (nSPS) is 21.7. The quantitative estimate of drug-likeness (QED) is 0.782. The monoisotopic (exact) mass is 384 g/mol. The van der Waals surface area contributed by atoms with Crippen molar-refractivity contribution in [3.05, 3.63) is 24.3 Å². The number of amides is 4. The molecule has 28 heavy (non-hydrogen) atoms. The first kappa shape index (κ1) is 18.8. The lowest BCUT2D eigenvalue weighted by Gasteiger charge is -2.24. The van der Waals surface area contributed by atoms with E-state index < -0.39 is 11.6 Å². The molecule has 0 radical (unpaired) electrons. The summed E-state index contributed by atoms with van der Waals surface area (Å²) < 4.78 is 0. The lowest BCUT2D eigenvalue weighted by molar-refractivity contribution is -0.134. The van der Waals surface area contributed by atoms with Gasteiger partial charge in [0.2, 0.25) is 5.91 Å². The largest absolute Gasteiger partial charge is 0.372 e. The first-order valence-electron chi connectivity index (χ1n) is 10.4. The summed E-state index contributed by atoms with van der Waals surface area (Å²) >= 11 is 0. The van der Waals surface area contributed by atoms with Gasteiger partial charge in [-0.1, -0.05) is 25.7 Å². The summed E-state index contributed by atoms with van der Waals surface area (Å²) in [7, 11) is 0. The van der Waals surface area contributed by atoms with E-state index in [4.69, 9.17) is 0 Å². The molecule has 4 rings (SSSR count). The Morgan fingerprint density at radius 3 is 2.25 bits per heavy atom. The fraction of sp³-hybridized carbons (Fsp3) is 0.571. The van der Waals surface area contributed by atoms with Crippen molar-refractivity contribution in [2.45, 2.75) is 56.9 Å². The molecule has 1 aromatic carbocycles. The van der Waals surface area contributed by atoms with E-state index in [9.17, 15) is 14.4 Å². The van der Waals surface area contributed by atoms with E-state index in [1.54, 1.807) is 0 Å². The molecule has 2 heterocycles. The van der Waals surface area contributed by atoms with Gasteiger partial charge < -0.3 is 15.5 Å². The van der Waals surface area contributed by atoms with E-state index >= 15 is 0 Å². The average molecular weight is 384 g/mol. The van der Waals surface area contributed by atoms with Crippen LogP contribution in [-0.4, -0.2) is 47.9 Å². The smallest absolute Gasteiger partial charge is 0.325 e. The van der Waals surface area contributed by atoms with Gasteiger partial charge in [0.05, 0.1) is 0 Å². The average Bonchev–Trinajstić information content (AvgIpc) is 3.21. The van der Waals surface area contributed by atoms with Gasteiger partial charge in [0.1, 0.15) is 12.1 Å². The van der Waals surface area contributed by atoms with Gasteiger partial charge in [-0.05, 0) is 49.9 Å². The Bertz CT molecular complexity index is 747. The van der Waals surface area contributed by atoms with Crippen LogP contribution in [0.3, 0.4) is 0 Å². The Morgan fingerprint density at radius 2 is 1.61 bits per heavy atom. The fourth-order valence-corrected chi connectivity index (χ4v) is 4.57. The summed E-state index contributed by atoms with van der Waals surface area (Å²) in [4.78, 5) is 41.1. The minimum Gasteiger partial charge on any atom is -0.372 e. The predicted molar refractivity (Wildman–Crippen MR) is 107 cm³/mol. The van der Waals surface area contributed by atoms with Crippen molar-refractivity contribution >= 4 is 29.2 Å². The number of hydrogen-bond acceptors (Lipinski definition) is 4. The first-order valence-corrected chi connectivity index (χ1v) is 10.4. The molecule has 2 saturated heterocycles. The number of carbonyl (C=O) groups excluding carboxylic acids is 3. The highest BCUT2D eigenvalue weighted by Crippen LogP contribution is 2.32. The second-order valence-electron chi connectivity index (χ2n) is 8.11. The van der Waals surface area contributed by atoms with Gasteiger partial charge in [-0.2, -0.15) is 0 Å². The maximum Gasteiger partial charge on any atom is 0.325 e. The van der Waals surface area contributed by atoms with Crippen LogP contribution in [0.4, 0.5) is 16.2 Å². The summed E-state index contributed by atoms with van der Waals surface area (Å²) in [5.74, 6) is -0.609. The molecule has 0 atom stereocenters. The maximum absolute atomic E-state index is 12.9. The number of benzene rings is 1. The summed E-state index contributed by atoms with van der Waals surface area (Å²) in [6, 6.07) is 7.27. The Hall–Kier alpha value is -2.57. The second-order valence-corrected chi connectivity index (χ2v) is 8.11. The van der Waals surface area contributed by atoms with Crippen LogP contribution in [0.2, 0.25) is 0 Å². The van der Waals surface area contributed by atoms with Crippen molar-refractivity contribution in [2.24, 2.45) is 0 Å². The highest BCUT2D eigenvalue weighted by molar-refractivity contribution is 6.10. The van der Waals surface area contributed by atoms with Crippen LogP contribution in [0, 0.1) is 0 Å². The third kappa shape index (κ3) is 3.70. The topological polar surface area (TPSA) is 81.8 Å². The SMILES string of the molecule is O=C(CN1C(=O)NC2(CCCCCC2)C1=O)Nc1ccc(N2CCCC2)cc1. The molecule has 0 unspecified atom stereocenters. The number of rotatable bonds is 4. The summed E-state index contributed by atoms with van der Waals surface area (Å²) in [5.41, 5.74) is 1.02. The van der Waals surface area contributed by atoms with Gasteiger partial charge in [0, 0.05) is 24.5 Å². The van der Waals surface area contributed by atoms with Gasteiger partial charge in [-0.25, -0.2) is 4.79 Å². The van der Waals surface area contributed by atoms with Crippen LogP contribution >= 0.6 is 0 Å². The molecule has 7 heteroatoms. The number of nitrogens with zero attached hydrogens (tertiary/aromatic N) is 2. The number of anilines is 2. The van der Waals surface area contributed by atoms with Crippen LogP contribution in [-0.2, 0) is 9.59 Å². The lowest BCUT2D eigenvalue weighted by atomic mass is 9.90. The molecule has 7 nitrogen and oxygen atoms in total. The fourth-order valence-electron chi connectivity index (χ4n) is 4.57. The molecule has 1 spiro atoms. The molecule has 2 N–H and O–H groups in total.